The highest BCUT2D eigenvalue weighted by molar-refractivity contribution is 5.82. The Morgan fingerprint density at radius 3 is 2.68 bits per heavy atom. The van der Waals surface area contributed by atoms with E-state index in [-0.39, 0.29) is 5.41 Å². The summed E-state index contributed by atoms with van der Waals surface area (Å²) in [5.74, 6) is 0.959. The lowest BCUT2D eigenvalue weighted by Gasteiger charge is -2.43. The van der Waals surface area contributed by atoms with Crippen molar-refractivity contribution in [1.82, 2.24) is 20.2 Å². The van der Waals surface area contributed by atoms with Crippen LogP contribution < -0.4 is 5.32 Å². The number of H-pyrrole nitrogens is 1. The number of nitrogens with zero attached hydrogens (tertiary/aromatic N) is 2. The van der Waals surface area contributed by atoms with Gasteiger partial charge in [0, 0.05) is 17.8 Å². The molecule has 1 unspecified atom stereocenters. The number of aromatic nitrogens is 2. The number of nitrogens with one attached hydrogen (secondary N) is 2. The first kappa shape index (κ1) is 17.7. The van der Waals surface area contributed by atoms with Gasteiger partial charge in [-0.3, -0.25) is 0 Å². The van der Waals surface area contributed by atoms with Crippen molar-refractivity contribution in [3.8, 4) is 0 Å². The Morgan fingerprint density at radius 2 is 2.00 bits per heavy atom. The van der Waals surface area contributed by atoms with Crippen LogP contribution in [0.1, 0.15) is 39.9 Å². The lowest BCUT2D eigenvalue weighted by molar-refractivity contribution is 0.169. The van der Waals surface area contributed by atoms with Crippen LogP contribution in [0.25, 0.3) is 16.6 Å². The molecule has 0 amide bonds. The molecule has 0 fully saturated rings. The van der Waals surface area contributed by atoms with E-state index in [1.165, 1.54) is 11.3 Å². The molecule has 1 aromatic carbocycles. The van der Waals surface area contributed by atoms with E-state index in [1.807, 2.05) is 19.2 Å². The van der Waals surface area contributed by atoms with Crippen molar-refractivity contribution in [2.75, 3.05) is 20.1 Å². The van der Waals surface area contributed by atoms with Crippen LogP contribution in [0, 0.1) is 5.41 Å². The van der Waals surface area contributed by atoms with E-state index in [1.54, 1.807) is 0 Å². The molecule has 0 aliphatic carbocycles. The lowest BCUT2D eigenvalue weighted by Crippen LogP contribution is -2.44. The summed E-state index contributed by atoms with van der Waals surface area (Å²) >= 11 is 0. The summed E-state index contributed by atoms with van der Waals surface area (Å²) in [4.78, 5) is 10.8. The molecule has 0 saturated carbocycles. The highest BCUT2D eigenvalue weighted by Crippen LogP contribution is 2.35. The fourth-order valence-corrected chi connectivity index (χ4v) is 3.60. The third-order valence-electron chi connectivity index (χ3n) is 4.96. The molecule has 1 aliphatic rings. The summed E-state index contributed by atoms with van der Waals surface area (Å²) in [6.07, 6.45) is 5.72. The Bertz CT molecular complexity index is 759. The van der Waals surface area contributed by atoms with Gasteiger partial charge in [-0.25, -0.2) is 4.98 Å². The Hall–Kier alpha value is -2.07. The average molecular weight is 338 g/mol. The fraction of sp³-hybridized carbons (Fsp3) is 0.476. The van der Waals surface area contributed by atoms with Crippen LogP contribution >= 0.6 is 0 Å². The maximum atomic E-state index is 4.80. The van der Waals surface area contributed by atoms with Crippen LogP contribution in [0.3, 0.4) is 0 Å². The molecule has 1 aliphatic heterocycles. The largest absolute Gasteiger partial charge is 0.367 e. The van der Waals surface area contributed by atoms with Gasteiger partial charge >= 0.3 is 0 Å². The Balaban J connectivity index is 1.97. The first-order chi connectivity index (χ1) is 11.9. The van der Waals surface area contributed by atoms with Crippen molar-refractivity contribution in [1.29, 1.82) is 0 Å². The molecule has 0 radical (unpaired) electrons. The minimum atomic E-state index is 0.191. The first-order valence-electron chi connectivity index (χ1n) is 9.17. The minimum Gasteiger partial charge on any atom is -0.367 e. The van der Waals surface area contributed by atoms with E-state index < -0.39 is 0 Å². The zero-order valence-corrected chi connectivity index (χ0v) is 16.1. The van der Waals surface area contributed by atoms with Gasteiger partial charge in [-0.2, -0.15) is 0 Å². The standard InChI is InChI=1S/C21H30N4/c1-15-16(20-23-17-9-6-7-10-18(17)24-20)11-12-19(21(2,3)4)25(15)14-8-13-22-5/h6-7,9-12,19,22H,8,13-14H2,1-5H3,(H,23,24). The number of allylic oxidation sites excluding steroid dienone is 3. The van der Waals surface area contributed by atoms with E-state index in [0.717, 1.165) is 36.4 Å². The van der Waals surface area contributed by atoms with Gasteiger partial charge in [-0.15, -0.1) is 0 Å². The van der Waals surface area contributed by atoms with Gasteiger partial charge in [-0.1, -0.05) is 45.1 Å². The van der Waals surface area contributed by atoms with Gasteiger partial charge in [0.05, 0.1) is 17.1 Å². The molecular weight excluding hydrogens is 308 g/mol. The summed E-state index contributed by atoms with van der Waals surface area (Å²) in [6.45, 7) is 11.2. The lowest BCUT2D eigenvalue weighted by atomic mass is 9.83. The highest BCUT2D eigenvalue weighted by Gasteiger charge is 2.32. The van der Waals surface area contributed by atoms with Gasteiger partial charge in [0.15, 0.2) is 0 Å². The van der Waals surface area contributed by atoms with Crippen molar-refractivity contribution in [2.24, 2.45) is 5.41 Å². The minimum absolute atomic E-state index is 0.191. The molecule has 0 saturated heterocycles. The zero-order chi connectivity index (χ0) is 18.0. The van der Waals surface area contributed by atoms with Crippen molar-refractivity contribution >= 4 is 16.6 Å². The molecular formula is C21H30N4. The SMILES string of the molecule is CNCCCN1C(C)=C(c2nc3ccccc3[nH]2)C=CC1C(C)(C)C. The molecule has 134 valence electrons. The molecule has 0 spiro atoms. The summed E-state index contributed by atoms with van der Waals surface area (Å²) < 4.78 is 0. The number of para-hydroxylation sites is 2. The molecule has 2 N–H and O–H groups in total. The third-order valence-corrected chi connectivity index (χ3v) is 4.96. The second-order valence-electron chi connectivity index (χ2n) is 7.92. The van der Waals surface area contributed by atoms with E-state index in [0.29, 0.717) is 6.04 Å². The zero-order valence-electron chi connectivity index (χ0n) is 16.1. The second-order valence-corrected chi connectivity index (χ2v) is 7.92. The summed E-state index contributed by atoms with van der Waals surface area (Å²) in [6, 6.07) is 8.61. The molecule has 0 bridgehead atoms. The molecule has 2 heterocycles. The van der Waals surface area contributed by atoms with Crippen molar-refractivity contribution in [3.05, 3.63) is 47.9 Å². The highest BCUT2D eigenvalue weighted by atomic mass is 15.2. The predicted octanol–water partition coefficient (Wildman–Crippen LogP) is 4.19. The second kappa shape index (κ2) is 7.04. The van der Waals surface area contributed by atoms with Gasteiger partial charge in [-0.05, 0) is 44.5 Å². The average Bonchev–Trinajstić information content (AvgIpc) is 2.99. The smallest absolute Gasteiger partial charge is 0.140 e. The fourth-order valence-electron chi connectivity index (χ4n) is 3.60. The van der Waals surface area contributed by atoms with Crippen molar-refractivity contribution < 1.29 is 0 Å². The van der Waals surface area contributed by atoms with Gasteiger partial charge < -0.3 is 15.2 Å². The summed E-state index contributed by atoms with van der Waals surface area (Å²) in [5.41, 5.74) is 4.80. The maximum absolute atomic E-state index is 4.80. The van der Waals surface area contributed by atoms with Crippen LogP contribution in [0.15, 0.2) is 42.1 Å². The number of imidazole rings is 1. The summed E-state index contributed by atoms with van der Waals surface area (Å²) in [7, 11) is 2.01. The maximum Gasteiger partial charge on any atom is 0.140 e. The number of benzene rings is 1. The molecule has 1 atom stereocenters. The molecule has 25 heavy (non-hydrogen) atoms. The number of rotatable bonds is 5. The monoisotopic (exact) mass is 338 g/mol. The van der Waals surface area contributed by atoms with Crippen LogP contribution in [-0.4, -0.2) is 41.0 Å². The van der Waals surface area contributed by atoms with Crippen molar-refractivity contribution in [2.45, 2.75) is 40.2 Å². The molecule has 2 aromatic rings. The van der Waals surface area contributed by atoms with Crippen LogP contribution in [-0.2, 0) is 0 Å². The normalized spacial score (nSPS) is 18.4. The Labute approximate surface area is 151 Å². The van der Waals surface area contributed by atoms with Gasteiger partial charge in [0.1, 0.15) is 5.82 Å². The van der Waals surface area contributed by atoms with Crippen LogP contribution in [0.4, 0.5) is 0 Å². The Morgan fingerprint density at radius 1 is 1.24 bits per heavy atom. The van der Waals surface area contributed by atoms with E-state index in [9.17, 15) is 0 Å². The van der Waals surface area contributed by atoms with Gasteiger partial charge in [0.2, 0.25) is 0 Å². The molecule has 4 heteroatoms. The molecule has 3 rings (SSSR count). The number of aromatic amines is 1. The molecule has 4 nitrogen and oxygen atoms in total. The van der Waals surface area contributed by atoms with Crippen molar-refractivity contribution in [3.63, 3.8) is 0 Å². The number of hydrogen-bond donors (Lipinski definition) is 2. The van der Waals surface area contributed by atoms with E-state index in [2.05, 4.69) is 67.2 Å². The van der Waals surface area contributed by atoms with E-state index >= 15 is 0 Å². The summed E-state index contributed by atoms with van der Waals surface area (Å²) in [5, 5.41) is 3.26. The first-order valence-corrected chi connectivity index (χ1v) is 9.17. The van der Waals surface area contributed by atoms with Crippen LogP contribution in [0.5, 0.6) is 0 Å². The number of hydrogen-bond acceptors (Lipinski definition) is 3. The van der Waals surface area contributed by atoms with Gasteiger partial charge in [0.25, 0.3) is 0 Å². The quantitative estimate of drug-likeness (QED) is 0.804. The molecule has 1 aromatic heterocycles. The third kappa shape index (κ3) is 3.64. The topological polar surface area (TPSA) is 44.0 Å². The van der Waals surface area contributed by atoms with E-state index in [4.69, 9.17) is 4.98 Å². The number of fused-ring (bicyclic) bond motifs is 1. The Kier molecular flexibility index (Phi) is 5.00. The predicted molar refractivity (Wildman–Crippen MR) is 106 cm³/mol. The van der Waals surface area contributed by atoms with Crippen LogP contribution in [0.2, 0.25) is 0 Å².